The first-order valence-electron chi connectivity index (χ1n) is 17.1. The van der Waals surface area contributed by atoms with Gasteiger partial charge in [0.15, 0.2) is 23.8 Å². The zero-order valence-electron chi connectivity index (χ0n) is 27.1. The van der Waals surface area contributed by atoms with E-state index in [1.54, 1.807) is 0 Å². The van der Waals surface area contributed by atoms with Crippen LogP contribution in [0.1, 0.15) is 140 Å². The van der Waals surface area contributed by atoms with Crippen LogP contribution in [0.5, 0.6) is 11.5 Å². The summed E-state index contributed by atoms with van der Waals surface area (Å²) < 4.78 is 44.1. The summed E-state index contributed by atoms with van der Waals surface area (Å²) in [5, 5.41) is 0. The maximum absolute atomic E-state index is 14.7. The fourth-order valence-corrected chi connectivity index (χ4v) is 6.11. The van der Waals surface area contributed by atoms with Gasteiger partial charge in [-0.05, 0) is 44.0 Å². The molecule has 0 fully saturated rings. The van der Waals surface area contributed by atoms with Gasteiger partial charge in [-0.1, -0.05) is 103 Å². The summed E-state index contributed by atoms with van der Waals surface area (Å²) in [7, 11) is 0. The van der Waals surface area contributed by atoms with Crippen LogP contribution in [0.25, 0.3) is 0 Å². The van der Waals surface area contributed by atoms with Crippen LogP contribution in [0.3, 0.4) is 0 Å². The van der Waals surface area contributed by atoms with Gasteiger partial charge in [0.2, 0.25) is 0 Å². The molecule has 0 atom stereocenters. The molecule has 0 bridgehead atoms. The number of hydrogen-bond donors (Lipinski definition) is 0. The summed E-state index contributed by atoms with van der Waals surface area (Å²) in [4.78, 5) is 0. The molecule has 0 aliphatic carbocycles. The van der Waals surface area contributed by atoms with Crippen LogP contribution in [-0.2, 0) is 13.0 Å². The number of unbranched alkanes of at least 4 members (excludes halogenated alkanes) is 13. The van der Waals surface area contributed by atoms with E-state index in [0.717, 1.165) is 42.7 Å². The van der Waals surface area contributed by atoms with Crippen molar-refractivity contribution in [1.29, 1.82) is 0 Å². The van der Waals surface area contributed by atoms with Crippen molar-refractivity contribution in [3.05, 3.63) is 58.7 Å². The van der Waals surface area contributed by atoms with Crippen molar-refractivity contribution in [3.63, 3.8) is 0 Å². The molecule has 3 rings (SSSR count). The quantitative estimate of drug-likeness (QED) is 0.0957. The van der Waals surface area contributed by atoms with E-state index < -0.39 is 11.6 Å². The summed E-state index contributed by atoms with van der Waals surface area (Å²) in [6.07, 6.45) is 20.4. The predicted molar refractivity (Wildman–Crippen MR) is 171 cm³/mol. The van der Waals surface area contributed by atoms with Crippen molar-refractivity contribution >= 4 is 5.71 Å². The summed E-state index contributed by atoms with van der Waals surface area (Å²) in [6.45, 7) is 8.71. The Morgan fingerprint density at radius 3 is 1.88 bits per heavy atom. The molecule has 0 spiro atoms. The molecular formula is C37H56BrF2NO2. The summed E-state index contributed by atoms with van der Waals surface area (Å²) >= 11 is 0. The minimum absolute atomic E-state index is 0. The molecule has 1 heterocycles. The van der Waals surface area contributed by atoms with Crippen molar-refractivity contribution in [1.82, 2.24) is 0 Å². The van der Waals surface area contributed by atoms with Crippen LogP contribution in [0.2, 0.25) is 0 Å². The lowest BCUT2D eigenvalue weighted by Gasteiger charge is -2.23. The number of benzene rings is 2. The Morgan fingerprint density at radius 1 is 0.698 bits per heavy atom. The molecule has 1 aliphatic rings. The highest BCUT2D eigenvalue weighted by Crippen LogP contribution is 2.37. The molecule has 43 heavy (non-hydrogen) atoms. The molecule has 6 heteroatoms. The van der Waals surface area contributed by atoms with Crippen molar-refractivity contribution in [2.75, 3.05) is 19.8 Å². The van der Waals surface area contributed by atoms with E-state index in [2.05, 4.69) is 24.5 Å². The summed E-state index contributed by atoms with van der Waals surface area (Å²) in [5.74, 6) is 0.721. The Bertz CT molecular complexity index is 1080. The molecule has 0 saturated carbocycles. The minimum Gasteiger partial charge on any atom is -1.00 e. The van der Waals surface area contributed by atoms with Crippen molar-refractivity contribution < 1.29 is 39.8 Å². The normalized spacial score (nSPS) is 12.7. The third kappa shape index (κ3) is 12.2. The fourth-order valence-electron chi connectivity index (χ4n) is 6.11. The molecule has 2 aromatic carbocycles. The van der Waals surface area contributed by atoms with Gasteiger partial charge in [-0.2, -0.15) is 0 Å². The summed E-state index contributed by atoms with van der Waals surface area (Å²) in [5.41, 5.74) is 3.66. The number of hydrogen-bond acceptors (Lipinski definition) is 2. The van der Waals surface area contributed by atoms with E-state index in [1.807, 2.05) is 13.0 Å². The van der Waals surface area contributed by atoms with E-state index in [0.29, 0.717) is 19.8 Å². The van der Waals surface area contributed by atoms with Gasteiger partial charge in [0.25, 0.3) is 0 Å². The maximum Gasteiger partial charge on any atom is 0.184 e. The van der Waals surface area contributed by atoms with Crippen molar-refractivity contribution in [2.45, 2.75) is 136 Å². The number of halogens is 3. The molecule has 1 aliphatic heterocycles. The average molecular weight is 665 g/mol. The molecule has 242 valence electrons. The van der Waals surface area contributed by atoms with Gasteiger partial charge < -0.3 is 26.5 Å². The first kappa shape index (κ1) is 37.2. The second-order valence-electron chi connectivity index (χ2n) is 11.9. The second-order valence-corrected chi connectivity index (χ2v) is 11.9. The van der Waals surface area contributed by atoms with Crippen molar-refractivity contribution in [2.24, 2.45) is 0 Å². The topological polar surface area (TPSA) is 21.5 Å². The van der Waals surface area contributed by atoms with Crippen LogP contribution < -0.4 is 26.5 Å². The summed E-state index contributed by atoms with van der Waals surface area (Å²) in [6, 6.07) is 8.33. The number of fused-ring (bicyclic) bond motifs is 1. The standard InChI is InChI=1S/C37H56F2NO2.BrH/c1-4-7-9-11-13-14-15-16-18-23-35-30-24-25-36(41-6-3)37(42-28-19-17-12-10-8-5-2)31(30)26-27-40(35)29-32-33(38)21-20-22-34(32)39;/h20-22,24-25H,4-19,23,26-29H2,1-3H3;1H/q+1;/p-1. The predicted octanol–water partition coefficient (Wildman–Crippen LogP) is 7.59. The number of ether oxygens (including phenoxy) is 2. The monoisotopic (exact) mass is 663 g/mol. The first-order chi connectivity index (χ1) is 20.6. The smallest absolute Gasteiger partial charge is 0.184 e. The van der Waals surface area contributed by atoms with Gasteiger partial charge in [0.05, 0.1) is 18.8 Å². The molecule has 0 aromatic heterocycles. The Hall–Kier alpha value is -1.95. The fraction of sp³-hybridized carbons (Fsp3) is 0.649. The van der Waals surface area contributed by atoms with E-state index in [-0.39, 0.29) is 29.1 Å². The molecule has 0 unspecified atom stereocenters. The highest BCUT2D eigenvalue weighted by Gasteiger charge is 2.31. The Balaban J connectivity index is 0.00000645. The van der Waals surface area contributed by atoms with Crippen molar-refractivity contribution in [3.8, 4) is 11.5 Å². The third-order valence-electron chi connectivity index (χ3n) is 8.52. The second kappa shape index (κ2) is 21.7. The van der Waals surface area contributed by atoms with E-state index in [9.17, 15) is 8.78 Å². The SMILES string of the molecule is CCCCCCCCCCCC1=[N+](Cc2c(F)cccc2F)CCc2c1ccc(OCC)c2OCCCCCCCC.[Br-]. The van der Waals surface area contributed by atoms with Crippen LogP contribution in [-0.4, -0.2) is 30.0 Å². The lowest BCUT2D eigenvalue weighted by molar-refractivity contribution is -0.546. The number of nitrogens with zero attached hydrogens (tertiary/aromatic N) is 1. The highest BCUT2D eigenvalue weighted by molar-refractivity contribution is 5.99. The van der Waals surface area contributed by atoms with Gasteiger partial charge in [-0.15, -0.1) is 0 Å². The first-order valence-corrected chi connectivity index (χ1v) is 17.1. The van der Waals surface area contributed by atoms with Gasteiger partial charge in [0.1, 0.15) is 18.2 Å². The Kier molecular flexibility index (Phi) is 18.8. The molecular weight excluding hydrogens is 608 g/mol. The molecule has 0 N–H and O–H groups in total. The van der Waals surface area contributed by atoms with Gasteiger partial charge in [-0.3, -0.25) is 0 Å². The van der Waals surface area contributed by atoms with E-state index >= 15 is 0 Å². The molecule has 0 saturated heterocycles. The largest absolute Gasteiger partial charge is 1.00 e. The third-order valence-corrected chi connectivity index (χ3v) is 8.52. The molecule has 2 aromatic rings. The number of rotatable bonds is 22. The zero-order chi connectivity index (χ0) is 30.0. The molecule has 0 amide bonds. The van der Waals surface area contributed by atoms with Crippen LogP contribution >= 0.6 is 0 Å². The zero-order valence-corrected chi connectivity index (χ0v) is 28.7. The maximum atomic E-state index is 14.7. The lowest BCUT2D eigenvalue weighted by atomic mass is 9.91. The lowest BCUT2D eigenvalue weighted by Crippen LogP contribution is -3.00. The molecule has 0 radical (unpaired) electrons. The van der Waals surface area contributed by atoms with E-state index in [4.69, 9.17) is 9.47 Å². The Morgan fingerprint density at radius 2 is 1.28 bits per heavy atom. The minimum atomic E-state index is -0.474. The average Bonchev–Trinajstić information content (AvgIpc) is 2.99. The van der Waals surface area contributed by atoms with Gasteiger partial charge in [-0.25, -0.2) is 13.4 Å². The van der Waals surface area contributed by atoms with E-state index in [1.165, 1.54) is 113 Å². The Labute approximate surface area is 271 Å². The van der Waals surface area contributed by atoms with Crippen LogP contribution in [0.15, 0.2) is 30.3 Å². The highest BCUT2D eigenvalue weighted by atomic mass is 79.9. The van der Waals surface area contributed by atoms with Gasteiger partial charge in [0, 0.05) is 24.0 Å². The van der Waals surface area contributed by atoms with Crippen LogP contribution in [0.4, 0.5) is 8.78 Å². The molecule has 3 nitrogen and oxygen atoms in total. The van der Waals surface area contributed by atoms with Crippen LogP contribution in [0, 0.1) is 11.6 Å². The van der Waals surface area contributed by atoms with Gasteiger partial charge >= 0.3 is 0 Å².